The Balaban J connectivity index is 2.08. The zero-order valence-corrected chi connectivity index (χ0v) is 9.87. The van der Waals surface area contributed by atoms with Gasteiger partial charge in [0.05, 0.1) is 6.20 Å². The summed E-state index contributed by atoms with van der Waals surface area (Å²) in [4.78, 5) is 11.9. The first-order valence-corrected chi connectivity index (χ1v) is 5.40. The van der Waals surface area contributed by atoms with Crippen LogP contribution in [0.4, 0.5) is 5.69 Å². The Hall–Kier alpha value is -2.34. The normalized spacial score (nSPS) is 12.1. The van der Waals surface area contributed by atoms with Gasteiger partial charge in [0.2, 0.25) is 5.91 Å². The number of phenolic OH excluding ortho intramolecular Hbond substituents is 1. The molecule has 1 aromatic heterocycles. The Labute approximate surface area is 104 Å². The molecule has 1 atom stereocenters. The van der Waals surface area contributed by atoms with E-state index in [4.69, 9.17) is 5.73 Å². The molecule has 0 aliphatic rings. The van der Waals surface area contributed by atoms with Crippen LogP contribution in [0.3, 0.4) is 0 Å². The fourth-order valence-electron chi connectivity index (χ4n) is 1.56. The molecule has 0 saturated heterocycles. The molecule has 6 heteroatoms. The second-order valence-corrected chi connectivity index (χ2v) is 3.96. The van der Waals surface area contributed by atoms with Crippen molar-refractivity contribution in [3.8, 4) is 5.75 Å². The summed E-state index contributed by atoms with van der Waals surface area (Å²) in [5.41, 5.74) is 6.94. The molecule has 0 aliphatic heterocycles. The number of amides is 1. The minimum absolute atomic E-state index is 0.0859. The Bertz CT molecular complexity index is 565. The van der Waals surface area contributed by atoms with Gasteiger partial charge in [-0.25, -0.2) is 0 Å². The lowest BCUT2D eigenvalue weighted by Gasteiger charge is -2.10. The summed E-state index contributed by atoms with van der Waals surface area (Å²) in [6, 6.07) is 5.50. The van der Waals surface area contributed by atoms with Gasteiger partial charge in [-0.2, -0.15) is 5.10 Å². The maximum atomic E-state index is 11.9. The van der Waals surface area contributed by atoms with E-state index in [1.807, 2.05) is 0 Å². The molecule has 4 N–H and O–H groups in total. The molecule has 1 unspecified atom stereocenters. The molecular weight excluding hydrogens is 232 g/mol. The third-order valence-electron chi connectivity index (χ3n) is 2.48. The van der Waals surface area contributed by atoms with E-state index in [-0.39, 0.29) is 11.7 Å². The van der Waals surface area contributed by atoms with Gasteiger partial charge in [0.25, 0.3) is 0 Å². The van der Waals surface area contributed by atoms with Crippen LogP contribution in [-0.2, 0) is 11.8 Å². The van der Waals surface area contributed by atoms with Crippen LogP contribution in [-0.4, -0.2) is 20.8 Å². The quantitative estimate of drug-likeness (QED) is 0.745. The Kier molecular flexibility index (Phi) is 3.29. The molecule has 1 aromatic carbocycles. The average Bonchev–Trinajstić information content (AvgIpc) is 2.75. The lowest BCUT2D eigenvalue weighted by molar-refractivity contribution is -0.117. The van der Waals surface area contributed by atoms with Crippen LogP contribution in [0.25, 0.3) is 0 Å². The summed E-state index contributed by atoms with van der Waals surface area (Å²) in [6.07, 6.45) is 3.24. The van der Waals surface area contributed by atoms with Gasteiger partial charge >= 0.3 is 0 Å². The Morgan fingerprint density at radius 3 is 2.94 bits per heavy atom. The second kappa shape index (κ2) is 4.89. The molecule has 0 aliphatic carbocycles. The van der Waals surface area contributed by atoms with Gasteiger partial charge in [0, 0.05) is 30.6 Å². The highest BCUT2D eigenvalue weighted by Gasteiger charge is 2.17. The third-order valence-corrected chi connectivity index (χ3v) is 2.48. The van der Waals surface area contributed by atoms with Gasteiger partial charge in [-0.05, 0) is 12.1 Å². The van der Waals surface area contributed by atoms with E-state index < -0.39 is 6.04 Å². The minimum Gasteiger partial charge on any atom is -0.508 e. The zero-order chi connectivity index (χ0) is 13.1. The maximum Gasteiger partial charge on any atom is 0.246 e. The predicted octanol–water partition coefficient (Wildman–Crippen LogP) is 0.764. The molecule has 94 valence electrons. The number of carbonyl (C=O) groups is 1. The number of carbonyl (C=O) groups excluding carboxylic acids is 1. The van der Waals surface area contributed by atoms with Crippen LogP contribution < -0.4 is 11.1 Å². The lowest BCUT2D eigenvalue weighted by Crippen LogP contribution is -2.27. The van der Waals surface area contributed by atoms with Crippen LogP contribution in [0, 0.1) is 0 Å². The van der Waals surface area contributed by atoms with E-state index in [1.165, 1.54) is 12.1 Å². The number of aryl methyl sites for hydroxylation is 1. The highest BCUT2D eigenvalue weighted by Crippen LogP contribution is 2.17. The van der Waals surface area contributed by atoms with Gasteiger partial charge in [0.1, 0.15) is 11.8 Å². The fourth-order valence-corrected chi connectivity index (χ4v) is 1.56. The number of nitrogens with two attached hydrogens (primary N) is 1. The van der Waals surface area contributed by atoms with Crippen molar-refractivity contribution in [2.24, 2.45) is 12.8 Å². The van der Waals surface area contributed by atoms with Crippen molar-refractivity contribution in [1.29, 1.82) is 0 Å². The van der Waals surface area contributed by atoms with Crippen molar-refractivity contribution in [3.05, 3.63) is 42.2 Å². The molecule has 0 bridgehead atoms. The molecule has 0 radical (unpaired) electrons. The first-order chi connectivity index (χ1) is 8.56. The number of benzene rings is 1. The van der Waals surface area contributed by atoms with Gasteiger partial charge < -0.3 is 16.2 Å². The fraction of sp³-hybridized carbons (Fsp3) is 0.167. The number of rotatable bonds is 3. The first kappa shape index (κ1) is 12.1. The van der Waals surface area contributed by atoms with Gasteiger partial charge in [-0.1, -0.05) is 6.07 Å². The minimum atomic E-state index is -0.791. The molecule has 1 heterocycles. The van der Waals surface area contributed by atoms with E-state index in [9.17, 15) is 9.90 Å². The standard InChI is InChI=1S/C12H14N4O2/c1-16-7-8(6-14-16)11(13)12(18)15-9-3-2-4-10(17)5-9/h2-7,11,17H,13H2,1H3,(H,15,18). The number of nitrogens with one attached hydrogen (secondary N) is 1. The van der Waals surface area contributed by atoms with E-state index in [2.05, 4.69) is 10.4 Å². The van der Waals surface area contributed by atoms with Crippen molar-refractivity contribution in [1.82, 2.24) is 9.78 Å². The molecule has 0 saturated carbocycles. The number of phenols is 1. The number of nitrogens with zero attached hydrogens (tertiary/aromatic N) is 2. The summed E-state index contributed by atoms with van der Waals surface area (Å²) in [5.74, 6) is -0.267. The van der Waals surface area contributed by atoms with Crippen LogP contribution >= 0.6 is 0 Å². The summed E-state index contributed by atoms with van der Waals surface area (Å²) in [7, 11) is 1.75. The number of hydrogen-bond donors (Lipinski definition) is 3. The molecule has 0 spiro atoms. The van der Waals surface area contributed by atoms with Gasteiger partial charge in [0.15, 0.2) is 0 Å². The van der Waals surface area contributed by atoms with E-state index in [1.54, 1.807) is 36.3 Å². The first-order valence-electron chi connectivity index (χ1n) is 5.40. The number of aromatic hydroxyl groups is 1. The monoisotopic (exact) mass is 246 g/mol. The Morgan fingerprint density at radius 1 is 1.56 bits per heavy atom. The molecule has 0 fully saturated rings. The average molecular weight is 246 g/mol. The van der Waals surface area contributed by atoms with Crippen LogP contribution in [0.5, 0.6) is 5.75 Å². The lowest BCUT2D eigenvalue weighted by atomic mass is 10.1. The molecule has 6 nitrogen and oxygen atoms in total. The van der Waals surface area contributed by atoms with E-state index >= 15 is 0 Å². The number of hydrogen-bond acceptors (Lipinski definition) is 4. The van der Waals surface area contributed by atoms with E-state index in [0.717, 1.165) is 0 Å². The smallest absolute Gasteiger partial charge is 0.246 e. The SMILES string of the molecule is Cn1cc(C(N)C(=O)Nc2cccc(O)c2)cn1. The molecule has 2 rings (SSSR count). The third kappa shape index (κ3) is 2.67. The van der Waals surface area contributed by atoms with Crippen molar-refractivity contribution < 1.29 is 9.90 Å². The Morgan fingerprint density at radius 2 is 2.33 bits per heavy atom. The van der Waals surface area contributed by atoms with Crippen molar-refractivity contribution in [2.75, 3.05) is 5.32 Å². The highest BCUT2D eigenvalue weighted by atomic mass is 16.3. The molecule has 2 aromatic rings. The summed E-state index contributed by atoms with van der Waals surface area (Å²) in [5, 5.41) is 15.9. The summed E-state index contributed by atoms with van der Waals surface area (Å²) < 4.78 is 1.58. The van der Waals surface area contributed by atoms with Crippen molar-refractivity contribution >= 4 is 11.6 Å². The molecular formula is C12H14N4O2. The van der Waals surface area contributed by atoms with Crippen LogP contribution in [0.2, 0.25) is 0 Å². The van der Waals surface area contributed by atoms with Crippen molar-refractivity contribution in [3.63, 3.8) is 0 Å². The number of anilines is 1. The molecule has 18 heavy (non-hydrogen) atoms. The van der Waals surface area contributed by atoms with Gasteiger partial charge in [-0.15, -0.1) is 0 Å². The largest absolute Gasteiger partial charge is 0.508 e. The van der Waals surface area contributed by atoms with Gasteiger partial charge in [-0.3, -0.25) is 9.48 Å². The van der Waals surface area contributed by atoms with Crippen molar-refractivity contribution in [2.45, 2.75) is 6.04 Å². The van der Waals surface area contributed by atoms with Crippen LogP contribution in [0.1, 0.15) is 11.6 Å². The number of aromatic nitrogens is 2. The summed E-state index contributed by atoms with van der Waals surface area (Å²) in [6.45, 7) is 0. The van der Waals surface area contributed by atoms with E-state index in [0.29, 0.717) is 11.3 Å². The topological polar surface area (TPSA) is 93.2 Å². The maximum absolute atomic E-state index is 11.9. The predicted molar refractivity (Wildman–Crippen MR) is 66.9 cm³/mol. The highest BCUT2D eigenvalue weighted by molar-refractivity contribution is 5.95. The van der Waals surface area contributed by atoms with Crippen LogP contribution in [0.15, 0.2) is 36.7 Å². The zero-order valence-electron chi connectivity index (χ0n) is 9.87. The second-order valence-electron chi connectivity index (χ2n) is 3.96. The molecule has 1 amide bonds. The summed E-state index contributed by atoms with van der Waals surface area (Å²) >= 11 is 0.